The molecule has 3 aromatic carbocycles. The fourth-order valence-electron chi connectivity index (χ4n) is 5.83. The summed E-state index contributed by atoms with van der Waals surface area (Å²) in [6.45, 7) is 3.63. The summed E-state index contributed by atoms with van der Waals surface area (Å²) in [6, 6.07) is 32.4. The summed E-state index contributed by atoms with van der Waals surface area (Å²) in [4.78, 5) is 18.7. The van der Waals surface area contributed by atoms with Gasteiger partial charge in [-0.2, -0.15) is 0 Å². The lowest BCUT2D eigenvalue weighted by atomic mass is 9.71. The molecule has 1 amide bonds. The standard InChI is InChI=1S/C30H34N2O/c33-29(32-21-11-4-12-22-32)30(27-17-9-3-10-18-27)19-23-31(24-20-30)28(25-13-5-1-6-14-25)26-15-7-2-8-16-26/h1-3,5-10,13-18,28H,4,11-12,19-24H2. The van der Waals surface area contributed by atoms with Gasteiger partial charge in [0.1, 0.15) is 0 Å². The summed E-state index contributed by atoms with van der Waals surface area (Å²) in [5.41, 5.74) is 3.42. The third-order valence-corrected chi connectivity index (χ3v) is 7.63. The van der Waals surface area contributed by atoms with E-state index in [1.807, 2.05) is 0 Å². The van der Waals surface area contributed by atoms with Crippen LogP contribution in [0, 0.1) is 0 Å². The Labute approximate surface area is 198 Å². The molecule has 3 nitrogen and oxygen atoms in total. The second-order valence-electron chi connectivity index (χ2n) is 9.56. The van der Waals surface area contributed by atoms with E-state index >= 15 is 0 Å². The second-order valence-corrected chi connectivity index (χ2v) is 9.56. The van der Waals surface area contributed by atoms with Gasteiger partial charge >= 0.3 is 0 Å². The molecule has 0 unspecified atom stereocenters. The quantitative estimate of drug-likeness (QED) is 0.501. The predicted molar refractivity (Wildman–Crippen MR) is 134 cm³/mol. The van der Waals surface area contributed by atoms with E-state index in [0.29, 0.717) is 5.91 Å². The van der Waals surface area contributed by atoms with E-state index in [0.717, 1.165) is 51.9 Å². The van der Waals surface area contributed by atoms with E-state index in [2.05, 4.69) is 101 Å². The molecule has 2 saturated heterocycles. The van der Waals surface area contributed by atoms with Crippen LogP contribution in [0.15, 0.2) is 91.0 Å². The topological polar surface area (TPSA) is 23.6 Å². The van der Waals surface area contributed by atoms with E-state index < -0.39 is 5.41 Å². The van der Waals surface area contributed by atoms with Crippen LogP contribution in [0.1, 0.15) is 54.8 Å². The first-order chi connectivity index (χ1) is 16.3. The zero-order valence-corrected chi connectivity index (χ0v) is 19.4. The largest absolute Gasteiger partial charge is 0.342 e. The number of piperidine rings is 2. The Bertz CT molecular complexity index is 981. The molecule has 2 aliphatic rings. The van der Waals surface area contributed by atoms with Gasteiger partial charge in [-0.15, -0.1) is 0 Å². The average molecular weight is 439 g/mol. The smallest absolute Gasteiger partial charge is 0.233 e. The molecule has 0 aliphatic carbocycles. The van der Waals surface area contributed by atoms with Crippen molar-refractivity contribution in [3.8, 4) is 0 Å². The first kappa shape index (κ1) is 21.9. The normalized spacial score (nSPS) is 18.9. The minimum absolute atomic E-state index is 0.214. The molecule has 3 aromatic rings. The van der Waals surface area contributed by atoms with Crippen molar-refractivity contribution in [2.75, 3.05) is 26.2 Å². The van der Waals surface area contributed by atoms with Gasteiger partial charge in [-0.1, -0.05) is 91.0 Å². The molecular formula is C30H34N2O. The number of nitrogens with zero attached hydrogens (tertiary/aromatic N) is 2. The van der Waals surface area contributed by atoms with E-state index in [4.69, 9.17) is 0 Å². The second kappa shape index (κ2) is 9.93. The highest BCUT2D eigenvalue weighted by Gasteiger charge is 2.46. The average Bonchev–Trinajstić information content (AvgIpc) is 2.91. The van der Waals surface area contributed by atoms with Crippen molar-refractivity contribution in [2.45, 2.75) is 43.6 Å². The van der Waals surface area contributed by atoms with E-state index in [9.17, 15) is 4.79 Å². The van der Waals surface area contributed by atoms with Gasteiger partial charge in [0, 0.05) is 26.2 Å². The van der Waals surface area contributed by atoms with Gasteiger partial charge < -0.3 is 4.90 Å². The van der Waals surface area contributed by atoms with Crippen LogP contribution in [0.5, 0.6) is 0 Å². The number of hydrogen-bond donors (Lipinski definition) is 0. The van der Waals surface area contributed by atoms with Gasteiger partial charge in [-0.25, -0.2) is 0 Å². The lowest BCUT2D eigenvalue weighted by Gasteiger charge is -2.46. The van der Waals surface area contributed by atoms with E-state index in [1.165, 1.54) is 23.1 Å². The van der Waals surface area contributed by atoms with Crippen LogP contribution in [0.4, 0.5) is 0 Å². The SMILES string of the molecule is O=C(N1CCCCC1)C1(c2ccccc2)CCN(C(c2ccccc2)c2ccccc2)CC1. The molecule has 0 N–H and O–H groups in total. The molecule has 0 bridgehead atoms. The molecule has 0 spiro atoms. The number of likely N-dealkylation sites (tertiary alicyclic amines) is 2. The van der Waals surface area contributed by atoms with Crippen molar-refractivity contribution < 1.29 is 4.79 Å². The van der Waals surface area contributed by atoms with Crippen LogP contribution in [0.2, 0.25) is 0 Å². The van der Waals surface area contributed by atoms with Gasteiger partial charge in [0.25, 0.3) is 0 Å². The molecule has 170 valence electrons. The summed E-state index contributed by atoms with van der Waals surface area (Å²) in [7, 11) is 0. The Balaban J connectivity index is 1.45. The highest BCUT2D eigenvalue weighted by molar-refractivity contribution is 5.88. The Morgan fingerprint density at radius 3 is 1.64 bits per heavy atom. The van der Waals surface area contributed by atoms with Crippen molar-refractivity contribution in [3.05, 3.63) is 108 Å². The molecule has 2 heterocycles. The molecule has 33 heavy (non-hydrogen) atoms. The Morgan fingerprint density at radius 2 is 1.12 bits per heavy atom. The lowest BCUT2D eigenvalue weighted by Crippen LogP contribution is -2.54. The highest BCUT2D eigenvalue weighted by atomic mass is 16.2. The molecule has 0 atom stereocenters. The summed E-state index contributed by atoms with van der Waals surface area (Å²) in [5.74, 6) is 0.351. The van der Waals surface area contributed by atoms with Crippen LogP contribution in [0.25, 0.3) is 0 Å². The van der Waals surface area contributed by atoms with Crippen molar-refractivity contribution >= 4 is 5.91 Å². The molecule has 0 saturated carbocycles. The maximum absolute atomic E-state index is 14.0. The molecule has 0 aromatic heterocycles. The number of amides is 1. The zero-order chi connectivity index (χ0) is 22.5. The van der Waals surface area contributed by atoms with Gasteiger partial charge in [-0.3, -0.25) is 9.69 Å². The maximum atomic E-state index is 14.0. The van der Waals surface area contributed by atoms with Gasteiger partial charge in [-0.05, 0) is 48.8 Å². The summed E-state index contributed by atoms with van der Waals surface area (Å²) in [6.07, 6.45) is 5.23. The molecule has 0 radical (unpaired) electrons. The van der Waals surface area contributed by atoms with Crippen LogP contribution in [-0.2, 0) is 10.2 Å². The maximum Gasteiger partial charge on any atom is 0.233 e. The van der Waals surface area contributed by atoms with Crippen LogP contribution in [0.3, 0.4) is 0 Å². The Hall–Kier alpha value is -2.91. The predicted octanol–water partition coefficient (Wildman–Crippen LogP) is 5.82. The van der Waals surface area contributed by atoms with Crippen molar-refractivity contribution in [1.29, 1.82) is 0 Å². The van der Waals surface area contributed by atoms with E-state index in [-0.39, 0.29) is 6.04 Å². The van der Waals surface area contributed by atoms with Crippen molar-refractivity contribution in [1.82, 2.24) is 9.80 Å². The minimum Gasteiger partial charge on any atom is -0.342 e. The number of rotatable bonds is 5. The summed E-state index contributed by atoms with van der Waals surface area (Å²) < 4.78 is 0. The minimum atomic E-state index is -0.410. The van der Waals surface area contributed by atoms with Crippen LogP contribution >= 0.6 is 0 Å². The van der Waals surface area contributed by atoms with Crippen LogP contribution < -0.4 is 0 Å². The third kappa shape index (κ3) is 4.47. The monoisotopic (exact) mass is 438 g/mol. The molecule has 3 heteroatoms. The fourth-order valence-corrected chi connectivity index (χ4v) is 5.83. The Kier molecular flexibility index (Phi) is 6.59. The highest BCUT2D eigenvalue weighted by Crippen LogP contribution is 2.41. The zero-order valence-electron chi connectivity index (χ0n) is 19.4. The van der Waals surface area contributed by atoms with Crippen LogP contribution in [-0.4, -0.2) is 41.9 Å². The van der Waals surface area contributed by atoms with Crippen molar-refractivity contribution in [2.24, 2.45) is 0 Å². The molecule has 2 aliphatic heterocycles. The molecule has 5 rings (SSSR count). The van der Waals surface area contributed by atoms with Gasteiger partial charge in [0.15, 0.2) is 0 Å². The van der Waals surface area contributed by atoms with Crippen molar-refractivity contribution in [3.63, 3.8) is 0 Å². The lowest BCUT2D eigenvalue weighted by molar-refractivity contribution is -0.140. The van der Waals surface area contributed by atoms with E-state index in [1.54, 1.807) is 0 Å². The number of benzene rings is 3. The van der Waals surface area contributed by atoms with Gasteiger partial charge in [0.05, 0.1) is 11.5 Å². The number of carbonyl (C=O) groups is 1. The molecule has 2 fully saturated rings. The first-order valence-electron chi connectivity index (χ1n) is 12.5. The molecular weight excluding hydrogens is 404 g/mol. The third-order valence-electron chi connectivity index (χ3n) is 7.63. The first-order valence-corrected chi connectivity index (χ1v) is 12.5. The van der Waals surface area contributed by atoms with Gasteiger partial charge in [0.2, 0.25) is 5.91 Å². The summed E-state index contributed by atoms with van der Waals surface area (Å²) in [5, 5.41) is 0. The Morgan fingerprint density at radius 1 is 0.636 bits per heavy atom. The fraction of sp³-hybridized carbons (Fsp3) is 0.367. The number of hydrogen-bond acceptors (Lipinski definition) is 2. The number of carbonyl (C=O) groups excluding carboxylic acids is 1. The summed E-state index contributed by atoms with van der Waals surface area (Å²) >= 11 is 0.